The Morgan fingerprint density at radius 3 is 2.38 bits per heavy atom. The molecule has 0 aliphatic heterocycles. The van der Waals surface area contributed by atoms with Crippen LogP contribution < -0.4 is 25.0 Å². The van der Waals surface area contributed by atoms with Gasteiger partial charge in [0.2, 0.25) is 5.91 Å². The highest BCUT2D eigenvalue weighted by Gasteiger charge is 2.19. The standard InChI is InChI=1S/C26H26N4O7/c1-35-21-10-8-19(9-11-21)26(32)27-13-12-25(31)29-28-16-20-14-23(36-2)24(15-22(20)30(33)34)37-17-18-6-4-3-5-7-18/h3-11,14-16H,12-13,17H2,1-2H3,(H,27,32)(H,29,31). The van der Waals surface area contributed by atoms with Gasteiger partial charge in [0, 0.05) is 18.5 Å². The summed E-state index contributed by atoms with van der Waals surface area (Å²) in [5, 5.41) is 18.1. The first-order valence-electron chi connectivity index (χ1n) is 11.2. The Labute approximate surface area is 213 Å². The van der Waals surface area contributed by atoms with Crippen molar-refractivity contribution in [3.05, 3.63) is 93.5 Å². The molecule has 0 atom stereocenters. The number of nitro groups is 1. The van der Waals surface area contributed by atoms with Gasteiger partial charge >= 0.3 is 0 Å². The molecule has 192 valence electrons. The Balaban J connectivity index is 1.57. The van der Waals surface area contributed by atoms with Gasteiger partial charge in [-0.2, -0.15) is 5.10 Å². The summed E-state index contributed by atoms with van der Waals surface area (Å²) in [5.41, 5.74) is 3.45. The molecular weight excluding hydrogens is 480 g/mol. The zero-order chi connectivity index (χ0) is 26.6. The fourth-order valence-corrected chi connectivity index (χ4v) is 3.20. The molecule has 0 unspecified atom stereocenters. The van der Waals surface area contributed by atoms with Crippen LogP contribution in [0.2, 0.25) is 0 Å². The molecule has 0 aromatic heterocycles. The number of ether oxygens (including phenoxy) is 3. The van der Waals surface area contributed by atoms with E-state index < -0.39 is 10.8 Å². The summed E-state index contributed by atoms with van der Waals surface area (Å²) in [6, 6.07) is 18.5. The van der Waals surface area contributed by atoms with E-state index in [2.05, 4.69) is 15.8 Å². The highest BCUT2D eigenvalue weighted by molar-refractivity contribution is 5.94. The average molecular weight is 507 g/mol. The molecule has 2 N–H and O–H groups in total. The van der Waals surface area contributed by atoms with Gasteiger partial charge in [-0.1, -0.05) is 30.3 Å². The zero-order valence-electron chi connectivity index (χ0n) is 20.3. The average Bonchev–Trinajstić information content (AvgIpc) is 2.92. The van der Waals surface area contributed by atoms with Gasteiger partial charge in [0.25, 0.3) is 11.6 Å². The lowest BCUT2D eigenvalue weighted by Crippen LogP contribution is -2.29. The minimum atomic E-state index is -0.577. The van der Waals surface area contributed by atoms with Gasteiger partial charge in [-0.15, -0.1) is 0 Å². The summed E-state index contributed by atoms with van der Waals surface area (Å²) >= 11 is 0. The molecule has 11 nitrogen and oxygen atoms in total. The monoisotopic (exact) mass is 506 g/mol. The Hall–Kier alpha value is -4.93. The molecule has 11 heteroatoms. The maximum atomic E-state index is 12.1. The number of amides is 2. The van der Waals surface area contributed by atoms with E-state index in [1.807, 2.05) is 30.3 Å². The Kier molecular flexibility index (Phi) is 9.54. The quantitative estimate of drug-likeness (QED) is 0.218. The van der Waals surface area contributed by atoms with E-state index in [0.29, 0.717) is 11.3 Å². The van der Waals surface area contributed by atoms with E-state index in [9.17, 15) is 19.7 Å². The first-order valence-corrected chi connectivity index (χ1v) is 11.2. The lowest BCUT2D eigenvalue weighted by Gasteiger charge is -2.12. The maximum absolute atomic E-state index is 12.1. The van der Waals surface area contributed by atoms with Crippen molar-refractivity contribution >= 4 is 23.7 Å². The lowest BCUT2D eigenvalue weighted by molar-refractivity contribution is -0.385. The molecule has 0 heterocycles. The number of carbonyl (C=O) groups excluding carboxylic acids is 2. The van der Waals surface area contributed by atoms with Crippen molar-refractivity contribution in [1.29, 1.82) is 0 Å². The van der Waals surface area contributed by atoms with Crippen LogP contribution in [0.4, 0.5) is 5.69 Å². The number of carbonyl (C=O) groups is 2. The van der Waals surface area contributed by atoms with Gasteiger partial charge in [0.05, 0.1) is 37.0 Å². The van der Waals surface area contributed by atoms with Crippen LogP contribution in [-0.4, -0.2) is 43.7 Å². The highest BCUT2D eigenvalue weighted by Crippen LogP contribution is 2.34. The first-order chi connectivity index (χ1) is 17.9. The molecule has 3 aromatic rings. The molecule has 0 radical (unpaired) electrons. The third-order valence-corrected chi connectivity index (χ3v) is 5.13. The van der Waals surface area contributed by atoms with Gasteiger partial charge in [-0.25, -0.2) is 5.43 Å². The largest absolute Gasteiger partial charge is 0.497 e. The van der Waals surface area contributed by atoms with E-state index in [0.717, 1.165) is 11.8 Å². The number of nitrogens with zero attached hydrogens (tertiary/aromatic N) is 2. The molecule has 0 saturated carbocycles. The molecule has 3 rings (SSSR count). The van der Waals surface area contributed by atoms with Crippen LogP contribution in [-0.2, 0) is 11.4 Å². The highest BCUT2D eigenvalue weighted by atomic mass is 16.6. The van der Waals surface area contributed by atoms with Crippen LogP contribution in [0.5, 0.6) is 17.2 Å². The molecule has 0 fully saturated rings. The molecule has 0 saturated heterocycles. The molecule has 37 heavy (non-hydrogen) atoms. The van der Waals surface area contributed by atoms with Crippen molar-refractivity contribution < 1.29 is 28.7 Å². The second kappa shape index (κ2) is 13.2. The predicted octanol–water partition coefficient (Wildman–Crippen LogP) is 3.46. The second-order valence-electron chi connectivity index (χ2n) is 7.62. The van der Waals surface area contributed by atoms with Crippen LogP contribution in [0.1, 0.15) is 27.9 Å². The predicted molar refractivity (Wildman–Crippen MR) is 136 cm³/mol. The fourth-order valence-electron chi connectivity index (χ4n) is 3.20. The number of nitro benzene ring substituents is 1. The molecule has 0 spiro atoms. The van der Waals surface area contributed by atoms with Gasteiger partial charge < -0.3 is 19.5 Å². The Morgan fingerprint density at radius 2 is 1.73 bits per heavy atom. The van der Waals surface area contributed by atoms with Gasteiger partial charge in [0.1, 0.15) is 12.4 Å². The van der Waals surface area contributed by atoms with Gasteiger partial charge in [-0.05, 0) is 35.9 Å². The minimum absolute atomic E-state index is 0.0447. The number of hydrogen-bond acceptors (Lipinski definition) is 8. The second-order valence-corrected chi connectivity index (χ2v) is 7.62. The zero-order valence-corrected chi connectivity index (χ0v) is 20.3. The van der Waals surface area contributed by atoms with Crippen molar-refractivity contribution in [3.8, 4) is 17.2 Å². The third-order valence-electron chi connectivity index (χ3n) is 5.13. The summed E-state index contributed by atoms with van der Waals surface area (Å²) in [6.45, 7) is 0.278. The van der Waals surface area contributed by atoms with Crippen LogP contribution >= 0.6 is 0 Å². The number of hydrazone groups is 1. The number of methoxy groups -OCH3 is 2. The Morgan fingerprint density at radius 1 is 1.00 bits per heavy atom. The molecular formula is C26H26N4O7. The molecule has 0 aliphatic rings. The molecule has 3 aromatic carbocycles. The number of nitrogens with one attached hydrogen (secondary N) is 2. The SMILES string of the molecule is COc1ccc(C(=O)NCCC(=O)NN=Cc2cc(OC)c(OCc3ccccc3)cc2[N+](=O)[O-])cc1. The summed E-state index contributed by atoms with van der Waals surface area (Å²) < 4.78 is 16.1. The maximum Gasteiger partial charge on any atom is 0.282 e. The van der Waals surface area contributed by atoms with Crippen LogP contribution in [0.25, 0.3) is 0 Å². The molecule has 0 bridgehead atoms. The van der Waals surface area contributed by atoms with Crippen LogP contribution in [0, 0.1) is 10.1 Å². The van der Waals surface area contributed by atoms with E-state index >= 15 is 0 Å². The molecule has 0 aliphatic carbocycles. The minimum Gasteiger partial charge on any atom is -0.497 e. The summed E-state index contributed by atoms with van der Waals surface area (Å²) in [5.74, 6) is 0.281. The van der Waals surface area contributed by atoms with Crippen molar-refractivity contribution in [3.63, 3.8) is 0 Å². The first kappa shape index (κ1) is 26.7. The van der Waals surface area contributed by atoms with Gasteiger partial charge in [0.15, 0.2) is 11.5 Å². The topological polar surface area (TPSA) is 141 Å². The molecule has 2 amide bonds. The fraction of sp³-hybridized carbons (Fsp3) is 0.192. The van der Waals surface area contributed by atoms with E-state index in [-0.39, 0.29) is 48.2 Å². The van der Waals surface area contributed by atoms with Crippen molar-refractivity contribution in [2.45, 2.75) is 13.0 Å². The van der Waals surface area contributed by atoms with Crippen LogP contribution in [0.3, 0.4) is 0 Å². The van der Waals surface area contributed by atoms with Crippen molar-refractivity contribution in [1.82, 2.24) is 10.7 Å². The van der Waals surface area contributed by atoms with E-state index in [1.165, 1.54) is 26.4 Å². The van der Waals surface area contributed by atoms with Gasteiger partial charge in [-0.3, -0.25) is 19.7 Å². The lowest BCUT2D eigenvalue weighted by atomic mass is 10.1. The smallest absolute Gasteiger partial charge is 0.282 e. The Bertz CT molecular complexity index is 1260. The number of rotatable bonds is 12. The van der Waals surface area contributed by atoms with E-state index in [1.54, 1.807) is 24.3 Å². The summed E-state index contributed by atoms with van der Waals surface area (Å²) in [7, 11) is 2.95. The van der Waals surface area contributed by atoms with Crippen molar-refractivity contribution in [2.75, 3.05) is 20.8 Å². The van der Waals surface area contributed by atoms with Crippen molar-refractivity contribution in [2.24, 2.45) is 5.10 Å². The summed E-state index contributed by atoms with van der Waals surface area (Å²) in [4.78, 5) is 35.3. The van der Waals surface area contributed by atoms with E-state index in [4.69, 9.17) is 14.2 Å². The number of hydrogen-bond donors (Lipinski definition) is 2. The normalized spacial score (nSPS) is 10.5. The number of benzene rings is 3. The van der Waals surface area contributed by atoms with Crippen LogP contribution in [0.15, 0.2) is 71.8 Å². The summed E-state index contributed by atoms with van der Waals surface area (Å²) in [6.07, 6.45) is 1.10. The third kappa shape index (κ3) is 7.79.